The second-order valence-electron chi connectivity index (χ2n) is 4.75. The second kappa shape index (κ2) is 5.17. The first kappa shape index (κ1) is 12.4. The Morgan fingerprint density at radius 3 is 2.90 bits per heavy atom. The van der Waals surface area contributed by atoms with Crippen LogP contribution in [0.4, 0.5) is 11.4 Å². The molecule has 20 heavy (non-hydrogen) atoms. The van der Waals surface area contributed by atoms with E-state index in [9.17, 15) is 0 Å². The fourth-order valence-electron chi connectivity index (χ4n) is 2.20. The van der Waals surface area contributed by atoms with Gasteiger partial charge in [0, 0.05) is 30.5 Å². The Morgan fingerprint density at radius 1 is 1.15 bits per heavy atom. The van der Waals surface area contributed by atoms with E-state index < -0.39 is 0 Å². The van der Waals surface area contributed by atoms with Crippen LogP contribution in [0, 0.1) is 6.92 Å². The summed E-state index contributed by atoms with van der Waals surface area (Å²) in [6.07, 6.45) is 5.45. The minimum absolute atomic E-state index is 0.704. The molecule has 4 nitrogen and oxygen atoms in total. The number of fused-ring (bicyclic) bond motifs is 1. The molecule has 0 unspecified atom stereocenters. The number of hydrogen-bond acceptors (Lipinski definition) is 4. The van der Waals surface area contributed by atoms with E-state index in [0.29, 0.717) is 6.54 Å². The van der Waals surface area contributed by atoms with E-state index in [4.69, 9.17) is 5.73 Å². The summed E-state index contributed by atoms with van der Waals surface area (Å²) in [6.45, 7) is 2.78. The fraction of sp³-hybridized carbons (Fsp3) is 0.125. The van der Waals surface area contributed by atoms with Crippen LogP contribution in [0.5, 0.6) is 0 Å². The van der Waals surface area contributed by atoms with Crippen molar-refractivity contribution in [1.82, 2.24) is 9.97 Å². The molecule has 0 saturated carbocycles. The molecule has 0 aliphatic rings. The number of pyridine rings is 2. The van der Waals surface area contributed by atoms with Gasteiger partial charge in [0.25, 0.3) is 0 Å². The lowest BCUT2D eigenvalue weighted by Gasteiger charge is -2.12. The van der Waals surface area contributed by atoms with Crippen LogP contribution in [0.1, 0.15) is 11.1 Å². The van der Waals surface area contributed by atoms with Crippen molar-refractivity contribution in [2.45, 2.75) is 13.5 Å². The topological polar surface area (TPSA) is 63.8 Å². The molecule has 3 rings (SSSR count). The summed E-state index contributed by atoms with van der Waals surface area (Å²) in [5, 5.41) is 4.34. The average Bonchev–Trinajstić information content (AvgIpc) is 2.48. The SMILES string of the molecule is Cc1ccncc1CNc1ccc2ncccc2c1N. The lowest BCUT2D eigenvalue weighted by atomic mass is 10.1. The molecule has 0 aliphatic carbocycles. The fourth-order valence-corrected chi connectivity index (χ4v) is 2.20. The minimum Gasteiger partial charge on any atom is -0.397 e. The van der Waals surface area contributed by atoms with Crippen molar-refractivity contribution in [2.24, 2.45) is 0 Å². The second-order valence-corrected chi connectivity index (χ2v) is 4.75. The van der Waals surface area contributed by atoms with Crippen LogP contribution in [-0.4, -0.2) is 9.97 Å². The Hall–Kier alpha value is -2.62. The molecule has 0 aliphatic heterocycles. The Morgan fingerprint density at radius 2 is 2.05 bits per heavy atom. The van der Waals surface area contributed by atoms with E-state index in [0.717, 1.165) is 27.8 Å². The molecule has 4 heteroatoms. The molecule has 1 aromatic carbocycles. The molecule has 0 amide bonds. The average molecular weight is 264 g/mol. The van der Waals surface area contributed by atoms with Gasteiger partial charge in [0.15, 0.2) is 0 Å². The first-order valence-corrected chi connectivity index (χ1v) is 6.52. The van der Waals surface area contributed by atoms with Gasteiger partial charge in [-0.15, -0.1) is 0 Å². The van der Waals surface area contributed by atoms with Gasteiger partial charge in [0.1, 0.15) is 0 Å². The van der Waals surface area contributed by atoms with Gasteiger partial charge in [-0.1, -0.05) is 0 Å². The van der Waals surface area contributed by atoms with Crippen LogP contribution in [0.15, 0.2) is 48.9 Å². The number of aryl methyl sites for hydroxylation is 1. The van der Waals surface area contributed by atoms with Gasteiger partial charge in [-0.25, -0.2) is 0 Å². The van der Waals surface area contributed by atoms with Gasteiger partial charge in [-0.3, -0.25) is 9.97 Å². The zero-order chi connectivity index (χ0) is 13.9. The van der Waals surface area contributed by atoms with Gasteiger partial charge in [-0.05, 0) is 48.4 Å². The number of anilines is 2. The molecule has 100 valence electrons. The van der Waals surface area contributed by atoms with Gasteiger partial charge < -0.3 is 11.1 Å². The number of aromatic nitrogens is 2. The van der Waals surface area contributed by atoms with Crippen LogP contribution in [0.2, 0.25) is 0 Å². The maximum absolute atomic E-state index is 6.20. The lowest BCUT2D eigenvalue weighted by Crippen LogP contribution is -2.04. The number of hydrogen-bond donors (Lipinski definition) is 2. The zero-order valence-corrected chi connectivity index (χ0v) is 11.3. The highest BCUT2D eigenvalue weighted by atomic mass is 14.9. The van der Waals surface area contributed by atoms with Crippen molar-refractivity contribution in [3.8, 4) is 0 Å². The van der Waals surface area contributed by atoms with Crippen molar-refractivity contribution in [2.75, 3.05) is 11.1 Å². The van der Waals surface area contributed by atoms with E-state index in [2.05, 4.69) is 22.2 Å². The number of rotatable bonds is 3. The van der Waals surface area contributed by atoms with E-state index in [1.54, 1.807) is 12.4 Å². The summed E-state index contributed by atoms with van der Waals surface area (Å²) >= 11 is 0. The van der Waals surface area contributed by atoms with Crippen LogP contribution in [0.25, 0.3) is 10.9 Å². The molecule has 0 spiro atoms. The van der Waals surface area contributed by atoms with Gasteiger partial charge in [-0.2, -0.15) is 0 Å². The quantitative estimate of drug-likeness (QED) is 0.713. The van der Waals surface area contributed by atoms with E-state index in [1.165, 1.54) is 5.56 Å². The third-order valence-corrected chi connectivity index (χ3v) is 3.44. The largest absolute Gasteiger partial charge is 0.397 e. The first-order chi connectivity index (χ1) is 9.75. The van der Waals surface area contributed by atoms with Crippen molar-refractivity contribution < 1.29 is 0 Å². The zero-order valence-electron chi connectivity index (χ0n) is 11.3. The van der Waals surface area contributed by atoms with Gasteiger partial charge in [0.2, 0.25) is 0 Å². The van der Waals surface area contributed by atoms with Crippen LogP contribution in [-0.2, 0) is 6.54 Å². The molecular formula is C16H16N4. The van der Waals surface area contributed by atoms with Crippen molar-refractivity contribution >= 4 is 22.3 Å². The molecule has 2 aromatic heterocycles. The number of nitrogens with two attached hydrogens (primary N) is 1. The predicted molar refractivity (Wildman–Crippen MR) is 82.5 cm³/mol. The first-order valence-electron chi connectivity index (χ1n) is 6.52. The number of nitrogens with zero attached hydrogens (tertiary/aromatic N) is 2. The molecule has 0 fully saturated rings. The highest BCUT2D eigenvalue weighted by Gasteiger charge is 2.05. The summed E-state index contributed by atoms with van der Waals surface area (Å²) in [7, 11) is 0. The monoisotopic (exact) mass is 264 g/mol. The van der Waals surface area contributed by atoms with Crippen LogP contribution in [0.3, 0.4) is 0 Å². The molecule has 0 saturated heterocycles. The minimum atomic E-state index is 0.704. The number of nitrogen functional groups attached to an aromatic ring is 1. The Balaban J connectivity index is 1.88. The van der Waals surface area contributed by atoms with Crippen LogP contribution >= 0.6 is 0 Å². The van der Waals surface area contributed by atoms with E-state index in [1.807, 2.05) is 36.5 Å². The molecular weight excluding hydrogens is 248 g/mol. The summed E-state index contributed by atoms with van der Waals surface area (Å²) in [4.78, 5) is 8.45. The highest BCUT2D eigenvalue weighted by molar-refractivity contribution is 5.96. The summed E-state index contributed by atoms with van der Waals surface area (Å²) in [6, 6.07) is 9.83. The summed E-state index contributed by atoms with van der Waals surface area (Å²) < 4.78 is 0. The Kier molecular flexibility index (Phi) is 3.21. The Labute approximate surface area is 117 Å². The highest BCUT2D eigenvalue weighted by Crippen LogP contribution is 2.27. The molecule has 3 N–H and O–H groups in total. The maximum atomic E-state index is 6.20. The van der Waals surface area contributed by atoms with Gasteiger partial charge >= 0.3 is 0 Å². The molecule has 0 radical (unpaired) electrons. The van der Waals surface area contributed by atoms with E-state index >= 15 is 0 Å². The van der Waals surface area contributed by atoms with Crippen molar-refractivity contribution in [3.05, 3.63) is 60.0 Å². The third-order valence-electron chi connectivity index (χ3n) is 3.44. The molecule has 3 aromatic rings. The molecule has 0 bridgehead atoms. The smallest absolute Gasteiger partial charge is 0.0724 e. The van der Waals surface area contributed by atoms with E-state index in [-0.39, 0.29) is 0 Å². The standard InChI is InChI=1S/C16H16N4/c1-11-6-8-18-9-12(11)10-20-15-5-4-14-13(16(15)17)3-2-7-19-14/h2-9,20H,10,17H2,1H3. The normalized spacial score (nSPS) is 10.7. The van der Waals surface area contributed by atoms with Crippen molar-refractivity contribution in [1.29, 1.82) is 0 Å². The lowest BCUT2D eigenvalue weighted by molar-refractivity contribution is 1.08. The third kappa shape index (κ3) is 2.28. The summed E-state index contributed by atoms with van der Waals surface area (Å²) in [5.41, 5.74) is 11.2. The van der Waals surface area contributed by atoms with Crippen LogP contribution < -0.4 is 11.1 Å². The number of benzene rings is 1. The number of nitrogens with one attached hydrogen (secondary N) is 1. The summed E-state index contributed by atoms with van der Waals surface area (Å²) in [5.74, 6) is 0. The maximum Gasteiger partial charge on any atom is 0.0724 e. The molecule has 0 atom stereocenters. The molecule has 2 heterocycles. The van der Waals surface area contributed by atoms with Gasteiger partial charge in [0.05, 0.1) is 16.9 Å². The predicted octanol–water partition coefficient (Wildman–Crippen LogP) is 3.13. The Bertz CT molecular complexity index is 752. The van der Waals surface area contributed by atoms with Crippen molar-refractivity contribution in [3.63, 3.8) is 0 Å².